The lowest BCUT2D eigenvalue weighted by Crippen LogP contribution is -1.99. The van der Waals surface area contributed by atoms with E-state index in [2.05, 4.69) is 27.3 Å². The van der Waals surface area contributed by atoms with Crippen LogP contribution in [0.15, 0.2) is 36.7 Å². The van der Waals surface area contributed by atoms with E-state index >= 15 is 0 Å². The Bertz CT molecular complexity index is 753. The van der Waals surface area contributed by atoms with Crippen molar-refractivity contribution in [3.05, 3.63) is 36.7 Å². The van der Waals surface area contributed by atoms with Crippen LogP contribution in [0.2, 0.25) is 0 Å². The van der Waals surface area contributed by atoms with Crippen LogP contribution in [0.3, 0.4) is 0 Å². The lowest BCUT2D eigenvalue weighted by molar-refractivity contribution is 0.467. The standard InChI is InChI=1S/C15H17N5O/c1-3-8-20-10-11(9-17-20)21-14-12-6-4-5-7-13(12)18-15(16-2)19-14/h4-7,9-10H,3,8H2,1-2H3,(H,16,18,19). The van der Waals surface area contributed by atoms with Crippen molar-refractivity contribution in [2.75, 3.05) is 12.4 Å². The summed E-state index contributed by atoms with van der Waals surface area (Å²) in [5, 5.41) is 8.08. The molecule has 0 spiro atoms. The molecule has 21 heavy (non-hydrogen) atoms. The monoisotopic (exact) mass is 283 g/mol. The maximum atomic E-state index is 5.89. The Labute approximate surface area is 122 Å². The molecular weight excluding hydrogens is 266 g/mol. The molecule has 6 heteroatoms. The Morgan fingerprint density at radius 1 is 1.24 bits per heavy atom. The van der Waals surface area contributed by atoms with Gasteiger partial charge in [0.05, 0.1) is 23.3 Å². The van der Waals surface area contributed by atoms with E-state index in [4.69, 9.17) is 4.74 Å². The van der Waals surface area contributed by atoms with Gasteiger partial charge in [0.1, 0.15) is 0 Å². The van der Waals surface area contributed by atoms with Gasteiger partial charge in [0.2, 0.25) is 11.8 Å². The molecular formula is C15H17N5O. The number of hydrogen-bond acceptors (Lipinski definition) is 5. The van der Waals surface area contributed by atoms with Crippen molar-refractivity contribution in [2.24, 2.45) is 0 Å². The number of anilines is 1. The van der Waals surface area contributed by atoms with Gasteiger partial charge in [0.15, 0.2) is 5.75 Å². The lowest BCUT2D eigenvalue weighted by atomic mass is 10.2. The molecule has 1 aromatic carbocycles. The van der Waals surface area contributed by atoms with Crippen molar-refractivity contribution < 1.29 is 4.74 Å². The minimum atomic E-state index is 0.529. The van der Waals surface area contributed by atoms with Crippen molar-refractivity contribution in [1.29, 1.82) is 0 Å². The molecule has 3 aromatic rings. The largest absolute Gasteiger partial charge is 0.435 e. The van der Waals surface area contributed by atoms with E-state index in [9.17, 15) is 0 Å². The van der Waals surface area contributed by atoms with E-state index in [1.807, 2.05) is 35.1 Å². The third-order valence-electron chi connectivity index (χ3n) is 3.07. The normalized spacial score (nSPS) is 10.8. The van der Waals surface area contributed by atoms with Gasteiger partial charge in [-0.3, -0.25) is 4.68 Å². The van der Waals surface area contributed by atoms with Crippen LogP contribution in [0, 0.1) is 0 Å². The second kappa shape index (κ2) is 5.78. The fourth-order valence-electron chi connectivity index (χ4n) is 2.10. The average molecular weight is 283 g/mol. The minimum absolute atomic E-state index is 0.529. The maximum Gasteiger partial charge on any atom is 0.232 e. The quantitative estimate of drug-likeness (QED) is 0.779. The van der Waals surface area contributed by atoms with Crippen LogP contribution >= 0.6 is 0 Å². The topological polar surface area (TPSA) is 64.9 Å². The van der Waals surface area contributed by atoms with Crippen molar-refractivity contribution in [3.8, 4) is 11.6 Å². The van der Waals surface area contributed by atoms with E-state index < -0.39 is 0 Å². The van der Waals surface area contributed by atoms with E-state index in [0.29, 0.717) is 17.6 Å². The molecule has 0 atom stereocenters. The molecule has 3 rings (SSSR count). The summed E-state index contributed by atoms with van der Waals surface area (Å²) < 4.78 is 7.75. The zero-order valence-corrected chi connectivity index (χ0v) is 12.1. The summed E-state index contributed by atoms with van der Waals surface area (Å²) in [6, 6.07) is 7.77. The van der Waals surface area contributed by atoms with Gasteiger partial charge < -0.3 is 10.1 Å². The van der Waals surface area contributed by atoms with Crippen molar-refractivity contribution in [2.45, 2.75) is 19.9 Å². The molecule has 0 saturated carbocycles. The first kappa shape index (κ1) is 13.4. The van der Waals surface area contributed by atoms with Gasteiger partial charge in [-0.1, -0.05) is 19.1 Å². The summed E-state index contributed by atoms with van der Waals surface area (Å²) in [4.78, 5) is 8.80. The summed E-state index contributed by atoms with van der Waals surface area (Å²) >= 11 is 0. The zero-order chi connectivity index (χ0) is 14.7. The van der Waals surface area contributed by atoms with E-state index in [1.165, 1.54) is 0 Å². The molecule has 0 bridgehead atoms. The van der Waals surface area contributed by atoms with Crippen LogP contribution in [0.1, 0.15) is 13.3 Å². The highest BCUT2D eigenvalue weighted by Gasteiger charge is 2.10. The predicted octanol–water partition coefficient (Wildman–Crippen LogP) is 3.07. The number of fused-ring (bicyclic) bond motifs is 1. The third kappa shape index (κ3) is 2.79. The van der Waals surface area contributed by atoms with Crippen LogP contribution in [0.5, 0.6) is 11.6 Å². The third-order valence-corrected chi connectivity index (χ3v) is 3.07. The van der Waals surface area contributed by atoms with Gasteiger partial charge in [0.25, 0.3) is 0 Å². The van der Waals surface area contributed by atoms with Crippen LogP contribution < -0.4 is 10.1 Å². The average Bonchev–Trinajstić information content (AvgIpc) is 2.94. The van der Waals surface area contributed by atoms with Crippen molar-refractivity contribution >= 4 is 16.9 Å². The van der Waals surface area contributed by atoms with Crippen molar-refractivity contribution in [3.63, 3.8) is 0 Å². The molecule has 2 heterocycles. The van der Waals surface area contributed by atoms with Gasteiger partial charge in [-0.25, -0.2) is 4.98 Å². The van der Waals surface area contributed by atoms with E-state index in [-0.39, 0.29) is 0 Å². The van der Waals surface area contributed by atoms with Gasteiger partial charge in [0, 0.05) is 13.6 Å². The predicted molar refractivity (Wildman–Crippen MR) is 81.7 cm³/mol. The molecule has 1 N–H and O–H groups in total. The Morgan fingerprint density at radius 3 is 2.90 bits per heavy atom. The summed E-state index contributed by atoms with van der Waals surface area (Å²) in [6.45, 7) is 2.98. The molecule has 0 fully saturated rings. The first-order valence-electron chi connectivity index (χ1n) is 6.95. The lowest BCUT2D eigenvalue weighted by Gasteiger charge is -2.08. The van der Waals surface area contributed by atoms with E-state index in [0.717, 1.165) is 23.9 Å². The molecule has 0 unspecified atom stereocenters. The highest BCUT2D eigenvalue weighted by atomic mass is 16.5. The molecule has 108 valence electrons. The number of para-hydroxylation sites is 1. The highest BCUT2D eigenvalue weighted by Crippen LogP contribution is 2.28. The molecule has 0 amide bonds. The SMILES string of the molecule is CCCn1cc(Oc2nc(NC)nc3ccccc23)cn1. The number of hydrogen-bond donors (Lipinski definition) is 1. The summed E-state index contributed by atoms with van der Waals surface area (Å²) in [7, 11) is 1.78. The fourth-order valence-corrected chi connectivity index (χ4v) is 2.10. The number of rotatable bonds is 5. The Kier molecular flexibility index (Phi) is 3.68. The van der Waals surface area contributed by atoms with Crippen LogP contribution in [0.25, 0.3) is 10.9 Å². The van der Waals surface area contributed by atoms with Crippen LogP contribution in [0.4, 0.5) is 5.95 Å². The van der Waals surface area contributed by atoms with Crippen LogP contribution in [-0.4, -0.2) is 26.8 Å². The second-order valence-corrected chi connectivity index (χ2v) is 4.66. The Balaban J connectivity index is 1.98. The van der Waals surface area contributed by atoms with Crippen molar-refractivity contribution in [1.82, 2.24) is 19.7 Å². The number of nitrogens with one attached hydrogen (secondary N) is 1. The molecule has 6 nitrogen and oxygen atoms in total. The number of aryl methyl sites for hydroxylation is 1. The first-order valence-corrected chi connectivity index (χ1v) is 6.95. The second-order valence-electron chi connectivity index (χ2n) is 4.66. The van der Waals surface area contributed by atoms with Crippen LogP contribution in [-0.2, 0) is 6.54 Å². The van der Waals surface area contributed by atoms with Gasteiger partial charge in [-0.2, -0.15) is 10.1 Å². The van der Waals surface area contributed by atoms with Gasteiger partial charge >= 0.3 is 0 Å². The number of aromatic nitrogens is 4. The number of nitrogens with zero attached hydrogens (tertiary/aromatic N) is 4. The summed E-state index contributed by atoms with van der Waals surface area (Å²) in [5.74, 6) is 1.74. The summed E-state index contributed by atoms with van der Waals surface area (Å²) in [6.07, 6.45) is 4.60. The molecule has 0 aliphatic carbocycles. The zero-order valence-electron chi connectivity index (χ0n) is 12.1. The number of benzene rings is 1. The number of ether oxygens (including phenoxy) is 1. The molecule has 0 aliphatic rings. The van der Waals surface area contributed by atoms with E-state index in [1.54, 1.807) is 13.2 Å². The Hall–Kier alpha value is -2.63. The Morgan fingerprint density at radius 2 is 2.10 bits per heavy atom. The minimum Gasteiger partial charge on any atom is -0.435 e. The molecule has 2 aromatic heterocycles. The fraction of sp³-hybridized carbons (Fsp3) is 0.267. The van der Waals surface area contributed by atoms with Gasteiger partial charge in [-0.15, -0.1) is 0 Å². The smallest absolute Gasteiger partial charge is 0.232 e. The molecule has 0 radical (unpaired) electrons. The maximum absolute atomic E-state index is 5.89. The highest BCUT2D eigenvalue weighted by molar-refractivity contribution is 5.84. The molecule has 0 saturated heterocycles. The first-order chi connectivity index (χ1) is 10.3. The van der Waals surface area contributed by atoms with Gasteiger partial charge in [-0.05, 0) is 18.6 Å². The molecule has 0 aliphatic heterocycles. The summed E-state index contributed by atoms with van der Waals surface area (Å²) in [5.41, 5.74) is 0.841.